The lowest BCUT2D eigenvalue weighted by atomic mass is 10.1. The molecule has 0 fully saturated rings. The lowest BCUT2D eigenvalue weighted by Crippen LogP contribution is -2.38. The molecule has 0 radical (unpaired) electrons. The maximum Gasteiger partial charge on any atom is 0.435 e. The number of halogens is 4. The number of carbonyl (C=O) groups is 1. The number of alkyl halides is 3. The number of nitrogens with zero attached hydrogens (tertiary/aromatic N) is 3. The van der Waals surface area contributed by atoms with Crippen LogP contribution in [-0.4, -0.2) is 28.2 Å². The highest BCUT2D eigenvalue weighted by atomic mass is 19.4. The smallest absolute Gasteiger partial charge is 0.435 e. The molecule has 0 N–H and O–H groups in total. The van der Waals surface area contributed by atoms with Gasteiger partial charge in [0.2, 0.25) is 0 Å². The lowest BCUT2D eigenvalue weighted by molar-refractivity contribution is -0.140. The number of amides is 1. The Bertz CT molecular complexity index is 876. The van der Waals surface area contributed by atoms with Gasteiger partial charge in [-0.2, -0.15) is 13.2 Å². The molecule has 1 amide bonds. The van der Waals surface area contributed by atoms with E-state index in [2.05, 4.69) is 16.5 Å². The first-order chi connectivity index (χ1) is 12.9. The number of aromatic nitrogens is 2. The molecule has 28 heavy (non-hydrogen) atoms. The van der Waals surface area contributed by atoms with E-state index in [1.165, 1.54) is 18.3 Å². The van der Waals surface area contributed by atoms with Crippen molar-refractivity contribution in [1.82, 2.24) is 9.97 Å². The molecule has 0 atom stereocenters. The summed E-state index contributed by atoms with van der Waals surface area (Å²) in [5.74, 6) is -0.709. The van der Waals surface area contributed by atoms with Crippen LogP contribution in [-0.2, 0) is 10.9 Å². The summed E-state index contributed by atoms with van der Waals surface area (Å²) in [5, 5.41) is 0. The van der Waals surface area contributed by atoms with E-state index < -0.39 is 35.1 Å². The van der Waals surface area contributed by atoms with Crippen molar-refractivity contribution in [2.24, 2.45) is 0 Å². The van der Waals surface area contributed by atoms with Gasteiger partial charge < -0.3 is 4.74 Å². The Balaban J connectivity index is 2.58. The molecule has 2 heterocycles. The standard InChI is InChI=1S/C19H19F4N3O2/c1-5-8-26(17(27)28-18(2,3)4)15-7-6-14(25-16(15)19(21,22)23)12-9-13(20)11-24-10-12/h5-7,9-11H,1,8H2,2-4H3. The van der Waals surface area contributed by atoms with E-state index in [0.717, 1.165) is 23.2 Å². The Hall–Kier alpha value is -2.97. The van der Waals surface area contributed by atoms with Gasteiger partial charge in [-0.05, 0) is 39.0 Å². The highest BCUT2D eigenvalue weighted by Crippen LogP contribution is 2.37. The third-order valence-electron chi connectivity index (χ3n) is 3.36. The molecule has 2 aromatic rings. The summed E-state index contributed by atoms with van der Waals surface area (Å²) in [4.78, 5) is 20.5. The molecule has 2 aromatic heterocycles. The van der Waals surface area contributed by atoms with Gasteiger partial charge in [0.15, 0.2) is 5.69 Å². The molecule has 0 spiro atoms. The first-order valence-corrected chi connectivity index (χ1v) is 8.23. The molecule has 0 aliphatic carbocycles. The van der Waals surface area contributed by atoms with E-state index in [1.807, 2.05) is 0 Å². The Morgan fingerprint density at radius 3 is 2.46 bits per heavy atom. The van der Waals surface area contributed by atoms with Gasteiger partial charge in [-0.15, -0.1) is 6.58 Å². The van der Waals surface area contributed by atoms with E-state index in [1.54, 1.807) is 20.8 Å². The van der Waals surface area contributed by atoms with Crippen LogP contribution in [0.4, 0.5) is 28.0 Å². The minimum Gasteiger partial charge on any atom is -0.443 e. The number of hydrogen-bond acceptors (Lipinski definition) is 4. The molecule has 2 rings (SSSR count). The van der Waals surface area contributed by atoms with E-state index in [-0.39, 0.29) is 17.8 Å². The van der Waals surface area contributed by atoms with Gasteiger partial charge in [-0.1, -0.05) is 6.08 Å². The second-order valence-corrected chi connectivity index (χ2v) is 6.83. The third kappa shape index (κ3) is 5.28. The molecule has 0 bridgehead atoms. The van der Waals surface area contributed by atoms with Gasteiger partial charge in [0.25, 0.3) is 0 Å². The second kappa shape index (κ2) is 7.95. The molecular formula is C19H19F4N3O2. The summed E-state index contributed by atoms with van der Waals surface area (Å²) in [6.45, 7) is 8.04. The van der Waals surface area contributed by atoms with Crippen molar-refractivity contribution >= 4 is 11.8 Å². The minimum absolute atomic E-state index is 0.0737. The van der Waals surface area contributed by atoms with Gasteiger partial charge in [0.05, 0.1) is 17.6 Å². The SMILES string of the molecule is C=CCN(C(=O)OC(C)(C)C)c1ccc(-c2cncc(F)c2)nc1C(F)(F)F. The van der Waals surface area contributed by atoms with Crippen molar-refractivity contribution in [3.05, 3.63) is 54.8 Å². The monoisotopic (exact) mass is 397 g/mol. The molecule has 0 saturated carbocycles. The maximum absolute atomic E-state index is 13.7. The van der Waals surface area contributed by atoms with Crippen LogP contribution in [0.5, 0.6) is 0 Å². The van der Waals surface area contributed by atoms with E-state index >= 15 is 0 Å². The predicted octanol–water partition coefficient (Wildman–Crippen LogP) is 5.23. The molecule has 9 heteroatoms. The summed E-state index contributed by atoms with van der Waals surface area (Å²) >= 11 is 0. The van der Waals surface area contributed by atoms with Crippen LogP contribution in [0.2, 0.25) is 0 Å². The summed E-state index contributed by atoms with van der Waals surface area (Å²) in [6.07, 6.45) is -2.45. The number of hydrogen-bond donors (Lipinski definition) is 0. The zero-order chi connectivity index (χ0) is 21.1. The third-order valence-corrected chi connectivity index (χ3v) is 3.36. The summed E-state index contributed by atoms with van der Waals surface area (Å²) in [5.41, 5.74) is -2.76. The summed E-state index contributed by atoms with van der Waals surface area (Å²) in [7, 11) is 0. The van der Waals surface area contributed by atoms with Gasteiger partial charge >= 0.3 is 12.3 Å². The molecule has 0 aliphatic rings. The topological polar surface area (TPSA) is 55.3 Å². The highest BCUT2D eigenvalue weighted by molar-refractivity contribution is 5.89. The predicted molar refractivity (Wildman–Crippen MR) is 96.2 cm³/mol. The fraction of sp³-hybridized carbons (Fsp3) is 0.316. The van der Waals surface area contributed by atoms with Crippen molar-refractivity contribution in [2.75, 3.05) is 11.4 Å². The van der Waals surface area contributed by atoms with Crippen molar-refractivity contribution in [3.63, 3.8) is 0 Å². The van der Waals surface area contributed by atoms with Crippen LogP contribution in [0.25, 0.3) is 11.3 Å². The summed E-state index contributed by atoms with van der Waals surface area (Å²) in [6, 6.07) is 3.36. The maximum atomic E-state index is 13.7. The van der Waals surface area contributed by atoms with Crippen molar-refractivity contribution in [2.45, 2.75) is 32.5 Å². The van der Waals surface area contributed by atoms with Gasteiger partial charge in [0, 0.05) is 18.3 Å². The van der Waals surface area contributed by atoms with Crippen LogP contribution in [0.1, 0.15) is 26.5 Å². The number of rotatable bonds is 4. The molecule has 0 aromatic carbocycles. The zero-order valence-electron chi connectivity index (χ0n) is 15.5. The molecule has 150 valence electrons. The Labute approximate surface area is 159 Å². The van der Waals surface area contributed by atoms with E-state index in [4.69, 9.17) is 4.74 Å². The van der Waals surface area contributed by atoms with Crippen LogP contribution in [0, 0.1) is 5.82 Å². The molecule has 0 aliphatic heterocycles. The largest absolute Gasteiger partial charge is 0.443 e. The Kier molecular flexibility index (Phi) is 6.06. The normalized spacial score (nSPS) is 11.8. The minimum atomic E-state index is -4.87. The molecule has 0 unspecified atom stereocenters. The Morgan fingerprint density at radius 2 is 1.93 bits per heavy atom. The van der Waals surface area contributed by atoms with Crippen LogP contribution < -0.4 is 4.90 Å². The molecule has 5 nitrogen and oxygen atoms in total. The fourth-order valence-corrected chi connectivity index (χ4v) is 2.31. The Morgan fingerprint density at radius 1 is 1.25 bits per heavy atom. The van der Waals surface area contributed by atoms with Crippen molar-refractivity contribution in [1.29, 1.82) is 0 Å². The highest BCUT2D eigenvalue weighted by Gasteiger charge is 2.39. The van der Waals surface area contributed by atoms with Crippen LogP contribution in [0.3, 0.4) is 0 Å². The van der Waals surface area contributed by atoms with Crippen molar-refractivity contribution in [3.8, 4) is 11.3 Å². The lowest BCUT2D eigenvalue weighted by Gasteiger charge is -2.28. The first kappa shape index (κ1) is 21.3. The number of pyridine rings is 2. The van der Waals surface area contributed by atoms with Gasteiger partial charge in [-0.3, -0.25) is 9.88 Å². The first-order valence-electron chi connectivity index (χ1n) is 8.23. The van der Waals surface area contributed by atoms with Crippen LogP contribution >= 0.6 is 0 Å². The zero-order valence-corrected chi connectivity index (χ0v) is 15.5. The molecular weight excluding hydrogens is 378 g/mol. The van der Waals surface area contributed by atoms with Gasteiger partial charge in [0.1, 0.15) is 11.4 Å². The number of carbonyl (C=O) groups excluding carboxylic acids is 1. The van der Waals surface area contributed by atoms with E-state index in [9.17, 15) is 22.4 Å². The van der Waals surface area contributed by atoms with Crippen LogP contribution in [0.15, 0.2) is 43.2 Å². The average molecular weight is 397 g/mol. The average Bonchev–Trinajstić information content (AvgIpc) is 2.57. The number of ether oxygens (including phenoxy) is 1. The molecule has 0 saturated heterocycles. The quantitative estimate of drug-likeness (QED) is 0.524. The van der Waals surface area contributed by atoms with Gasteiger partial charge in [-0.25, -0.2) is 14.2 Å². The van der Waals surface area contributed by atoms with E-state index in [0.29, 0.717) is 0 Å². The fourth-order valence-electron chi connectivity index (χ4n) is 2.31. The second-order valence-electron chi connectivity index (χ2n) is 6.83. The summed E-state index contributed by atoms with van der Waals surface area (Å²) < 4.78 is 59.6. The van der Waals surface area contributed by atoms with Crippen molar-refractivity contribution < 1.29 is 27.1 Å². The number of anilines is 1.